The molecular weight excluding hydrogens is 314 g/mol. The van der Waals surface area contributed by atoms with Crippen LogP contribution >= 0.6 is 28.1 Å². The summed E-state index contributed by atoms with van der Waals surface area (Å²) in [6.45, 7) is 2.01. The van der Waals surface area contributed by atoms with Gasteiger partial charge in [0, 0.05) is 0 Å². The third-order valence-electron chi connectivity index (χ3n) is 2.18. The van der Waals surface area contributed by atoms with E-state index in [0.29, 0.717) is 17.3 Å². The van der Waals surface area contributed by atoms with E-state index < -0.39 is 0 Å². The Labute approximate surface area is 118 Å². The van der Waals surface area contributed by atoms with Gasteiger partial charge in [-0.15, -0.1) is 0 Å². The summed E-state index contributed by atoms with van der Waals surface area (Å²) in [5.74, 6) is 1.07. The third kappa shape index (κ3) is 3.02. The molecule has 0 fully saturated rings. The van der Waals surface area contributed by atoms with E-state index in [1.165, 1.54) is 12.4 Å². The van der Waals surface area contributed by atoms with E-state index in [2.05, 4.69) is 25.9 Å². The lowest BCUT2D eigenvalue weighted by Gasteiger charge is -2.07. The van der Waals surface area contributed by atoms with Crippen LogP contribution in [-0.4, -0.2) is 15.0 Å². The number of hydrogen-bond acceptors (Lipinski definition) is 4. The second-order valence-corrected chi connectivity index (χ2v) is 4.93. The summed E-state index contributed by atoms with van der Waals surface area (Å²) in [7, 11) is 0. The normalized spacial score (nSPS) is 10.1. The van der Waals surface area contributed by atoms with Crippen LogP contribution in [0.5, 0.6) is 11.6 Å². The van der Waals surface area contributed by atoms with Crippen LogP contribution in [0.15, 0.2) is 35.1 Å². The van der Waals surface area contributed by atoms with Gasteiger partial charge in [0.2, 0.25) is 5.88 Å². The maximum atomic E-state index is 5.59. The van der Waals surface area contributed by atoms with Crippen molar-refractivity contribution in [1.29, 1.82) is 0 Å². The van der Waals surface area contributed by atoms with Gasteiger partial charge >= 0.3 is 0 Å². The number of nitrogens with two attached hydrogens (primary N) is 1. The van der Waals surface area contributed by atoms with E-state index in [-0.39, 0.29) is 4.99 Å². The van der Waals surface area contributed by atoms with Crippen molar-refractivity contribution >= 4 is 33.1 Å². The quantitative estimate of drug-likeness (QED) is 0.880. The molecule has 0 spiro atoms. The molecule has 2 N–H and O–H groups in total. The molecule has 1 aromatic carbocycles. The van der Waals surface area contributed by atoms with Gasteiger partial charge in [0.25, 0.3) is 0 Å². The molecule has 0 unspecified atom stereocenters. The Morgan fingerprint density at radius 3 is 2.67 bits per heavy atom. The molecule has 0 atom stereocenters. The second-order valence-electron chi connectivity index (χ2n) is 3.64. The molecule has 0 aliphatic heterocycles. The molecule has 0 saturated carbocycles. The molecule has 2 aromatic rings. The number of thiocarbonyl (C=S) groups is 1. The largest absolute Gasteiger partial charge is 0.436 e. The predicted molar refractivity (Wildman–Crippen MR) is 76.9 cm³/mol. The van der Waals surface area contributed by atoms with E-state index in [1.54, 1.807) is 0 Å². The Kier molecular flexibility index (Phi) is 3.88. The molecule has 0 aliphatic carbocycles. The van der Waals surface area contributed by atoms with Crippen molar-refractivity contribution in [2.45, 2.75) is 6.92 Å². The van der Waals surface area contributed by atoms with Gasteiger partial charge in [0.05, 0.1) is 16.9 Å². The molecule has 0 saturated heterocycles. The maximum Gasteiger partial charge on any atom is 0.237 e. The number of halogens is 1. The first-order chi connectivity index (χ1) is 8.56. The second kappa shape index (κ2) is 5.41. The molecule has 1 aromatic heterocycles. The van der Waals surface area contributed by atoms with Gasteiger partial charge in [-0.05, 0) is 40.5 Å². The molecule has 2 rings (SSSR count). The van der Waals surface area contributed by atoms with Crippen LogP contribution in [0.1, 0.15) is 11.3 Å². The monoisotopic (exact) mass is 323 g/mol. The molecule has 4 nitrogen and oxygen atoms in total. The zero-order valence-electron chi connectivity index (χ0n) is 9.55. The van der Waals surface area contributed by atoms with Crippen molar-refractivity contribution in [3.63, 3.8) is 0 Å². The summed E-state index contributed by atoms with van der Waals surface area (Å²) >= 11 is 8.23. The fraction of sp³-hybridized carbons (Fsp3) is 0.0833. The number of aromatic nitrogens is 2. The third-order valence-corrected chi connectivity index (χ3v) is 3.01. The predicted octanol–water partition coefficient (Wildman–Crippen LogP) is 2.97. The summed E-state index contributed by atoms with van der Waals surface area (Å²) in [5, 5.41) is 0. The van der Waals surface area contributed by atoms with Crippen LogP contribution in [0.25, 0.3) is 0 Å². The average Bonchev–Trinajstić information content (AvgIpc) is 2.33. The van der Waals surface area contributed by atoms with E-state index in [1.807, 2.05) is 25.1 Å². The minimum atomic E-state index is 0.213. The van der Waals surface area contributed by atoms with Crippen molar-refractivity contribution in [1.82, 2.24) is 9.97 Å². The molecule has 18 heavy (non-hydrogen) atoms. The molecular formula is C12H10BrN3OS. The highest BCUT2D eigenvalue weighted by atomic mass is 79.9. The van der Waals surface area contributed by atoms with Crippen LogP contribution < -0.4 is 10.5 Å². The van der Waals surface area contributed by atoms with Crippen molar-refractivity contribution in [2.24, 2.45) is 5.73 Å². The lowest BCUT2D eigenvalue weighted by Crippen LogP contribution is -2.11. The van der Waals surface area contributed by atoms with Crippen LogP contribution in [0.2, 0.25) is 0 Å². The first kappa shape index (κ1) is 12.9. The number of rotatable bonds is 3. The SMILES string of the molecule is Cc1ccc(Oc2cnc(C(N)=S)cn2)c(Br)c1. The van der Waals surface area contributed by atoms with Crippen LogP contribution in [0.4, 0.5) is 0 Å². The van der Waals surface area contributed by atoms with Gasteiger partial charge in [-0.1, -0.05) is 18.3 Å². The standard InChI is InChI=1S/C12H10BrN3OS/c1-7-2-3-10(8(13)4-7)17-11-6-15-9(5-16-11)12(14)18/h2-6H,1H3,(H2,14,18). The van der Waals surface area contributed by atoms with Gasteiger partial charge in [0.1, 0.15) is 16.4 Å². The number of ether oxygens (including phenoxy) is 1. The van der Waals surface area contributed by atoms with E-state index >= 15 is 0 Å². The van der Waals surface area contributed by atoms with Crippen molar-refractivity contribution in [3.8, 4) is 11.6 Å². The van der Waals surface area contributed by atoms with Gasteiger partial charge in [-0.2, -0.15) is 0 Å². The van der Waals surface area contributed by atoms with Crippen molar-refractivity contribution < 1.29 is 4.74 Å². The van der Waals surface area contributed by atoms with Gasteiger partial charge < -0.3 is 10.5 Å². The number of benzene rings is 1. The van der Waals surface area contributed by atoms with Gasteiger partial charge in [0.15, 0.2) is 0 Å². The molecule has 92 valence electrons. The first-order valence-electron chi connectivity index (χ1n) is 5.12. The van der Waals surface area contributed by atoms with E-state index in [0.717, 1.165) is 10.0 Å². The minimum absolute atomic E-state index is 0.213. The van der Waals surface area contributed by atoms with E-state index in [4.69, 9.17) is 22.7 Å². The Bertz CT molecular complexity index is 586. The fourth-order valence-corrected chi connectivity index (χ4v) is 1.98. The summed E-state index contributed by atoms with van der Waals surface area (Å²) in [6, 6.07) is 5.78. The topological polar surface area (TPSA) is 61.0 Å². The molecule has 6 heteroatoms. The van der Waals surface area contributed by atoms with Crippen LogP contribution in [0, 0.1) is 6.92 Å². The molecule has 0 bridgehead atoms. The zero-order valence-corrected chi connectivity index (χ0v) is 12.0. The number of hydrogen-bond donors (Lipinski definition) is 1. The van der Waals surface area contributed by atoms with Crippen molar-refractivity contribution in [3.05, 3.63) is 46.3 Å². The highest BCUT2D eigenvalue weighted by Gasteiger charge is 2.05. The van der Waals surface area contributed by atoms with Gasteiger partial charge in [-0.25, -0.2) is 9.97 Å². The minimum Gasteiger partial charge on any atom is -0.436 e. The average molecular weight is 324 g/mol. The van der Waals surface area contributed by atoms with Crippen molar-refractivity contribution in [2.75, 3.05) is 0 Å². The smallest absolute Gasteiger partial charge is 0.237 e. The molecule has 0 aliphatic rings. The lowest BCUT2D eigenvalue weighted by molar-refractivity contribution is 0.457. The summed E-state index contributed by atoms with van der Waals surface area (Å²) in [6.07, 6.45) is 2.97. The number of aryl methyl sites for hydroxylation is 1. The Balaban J connectivity index is 2.21. The zero-order chi connectivity index (χ0) is 13.1. The summed E-state index contributed by atoms with van der Waals surface area (Å²) in [4.78, 5) is 8.35. The molecule has 1 heterocycles. The Morgan fingerprint density at radius 1 is 1.33 bits per heavy atom. The molecule has 0 radical (unpaired) electrons. The van der Waals surface area contributed by atoms with Crippen LogP contribution in [0.3, 0.4) is 0 Å². The Hall–Kier alpha value is -1.53. The Morgan fingerprint density at radius 2 is 2.11 bits per heavy atom. The number of nitrogens with zero attached hydrogens (tertiary/aromatic N) is 2. The van der Waals surface area contributed by atoms with Gasteiger partial charge in [-0.3, -0.25) is 0 Å². The lowest BCUT2D eigenvalue weighted by atomic mass is 10.2. The fourth-order valence-electron chi connectivity index (χ4n) is 1.30. The highest BCUT2D eigenvalue weighted by molar-refractivity contribution is 9.10. The first-order valence-corrected chi connectivity index (χ1v) is 6.32. The maximum absolute atomic E-state index is 5.59. The molecule has 0 amide bonds. The summed E-state index contributed by atoms with van der Waals surface area (Å²) in [5.41, 5.74) is 7.05. The highest BCUT2D eigenvalue weighted by Crippen LogP contribution is 2.29. The van der Waals surface area contributed by atoms with E-state index in [9.17, 15) is 0 Å². The summed E-state index contributed by atoms with van der Waals surface area (Å²) < 4.78 is 6.46. The van der Waals surface area contributed by atoms with Crippen LogP contribution in [-0.2, 0) is 0 Å².